The Balaban J connectivity index is 1.72. The van der Waals surface area contributed by atoms with E-state index in [2.05, 4.69) is 5.32 Å². The summed E-state index contributed by atoms with van der Waals surface area (Å²) in [4.78, 5) is 14.4. The fourth-order valence-corrected chi connectivity index (χ4v) is 4.85. The Morgan fingerprint density at radius 1 is 1.14 bits per heavy atom. The lowest BCUT2D eigenvalue weighted by Gasteiger charge is -2.26. The molecule has 0 bridgehead atoms. The number of halogens is 1. The second-order valence-corrected chi connectivity index (χ2v) is 9.28. The summed E-state index contributed by atoms with van der Waals surface area (Å²) in [6, 6.07) is 13.2. The Labute approximate surface area is 171 Å². The number of anilines is 1. The SMILES string of the molecule is CC(c1ccc(Cl)cc1)N(C)C(=O)Nc1cccc(S(=O)(=O)N2CCCC2)c1. The van der Waals surface area contributed by atoms with Crippen molar-refractivity contribution in [2.75, 3.05) is 25.5 Å². The predicted molar refractivity (Wildman–Crippen MR) is 111 cm³/mol. The van der Waals surface area contributed by atoms with Crippen molar-refractivity contribution in [3.8, 4) is 0 Å². The fraction of sp³-hybridized carbons (Fsp3) is 0.350. The van der Waals surface area contributed by atoms with Crippen molar-refractivity contribution in [3.05, 3.63) is 59.1 Å². The second kappa shape index (κ2) is 8.51. The van der Waals surface area contributed by atoms with Gasteiger partial charge in [-0.25, -0.2) is 13.2 Å². The zero-order valence-corrected chi connectivity index (χ0v) is 17.5. The zero-order chi connectivity index (χ0) is 20.3. The van der Waals surface area contributed by atoms with Gasteiger partial charge in [0.25, 0.3) is 0 Å². The topological polar surface area (TPSA) is 69.7 Å². The maximum absolute atomic E-state index is 12.7. The number of rotatable bonds is 5. The first-order valence-electron chi connectivity index (χ1n) is 9.18. The van der Waals surface area contributed by atoms with Gasteiger partial charge in [0.05, 0.1) is 10.9 Å². The first-order valence-corrected chi connectivity index (χ1v) is 11.0. The number of urea groups is 1. The minimum Gasteiger partial charge on any atom is -0.321 e. The molecular weight excluding hydrogens is 398 g/mol. The Morgan fingerprint density at radius 3 is 2.43 bits per heavy atom. The van der Waals surface area contributed by atoms with Gasteiger partial charge in [-0.15, -0.1) is 0 Å². The lowest BCUT2D eigenvalue weighted by molar-refractivity contribution is 0.208. The van der Waals surface area contributed by atoms with Crippen LogP contribution in [0.4, 0.5) is 10.5 Å². The average Bonchev–Trinajstić information content (AvgIpc) is 3.23. The number of nitrogens with one attached hydrogen (secondary N) is 1. The van der Waals surface area contributed by atoms with Crippen LogP contribution < -0.4 is 5.32 Å². The van der Waals surface area contributed by atoms with Gasteiger partial charge in [0, 0.05) is 30.8 Å². The maximum atomic E-state index is 12.7. The van der Waals surface area contributed by atoms with Gasteiger partial charge in [0.2, 0.25) is 10.0 Å². The number of hydrogen-bond acceptors (Lipinski definition) is 3. The van der Waals surface area contributed by atoms with Crippen molar-refractivity contribution >= 4 is 33.3 Å². The van der Waals surface area contributed by atoms with Gasteiger partial charge in [-0.05, 0) is 55.7 Å². The standard InChI is InChI=1S/C20H24ClN3O3S/c1-15(16-8-10-17(21)11-9-16)23(2)20(25)22-18-6-5-7-19(14-18)28(26,27)24-12-3-4-13-24/h5-11,14-15H,3-4,12-13H2,1-2H3,(H,22,25). The van der Waals surface area contributed by atoms with Gasteiger partial charge in [-0.3, -0.25) is 0 Å². The van der Waals surface area contributed by atoms with Crippen molar-refractivity contribution in [3.63, 3.8) is 0 Å². The van der Waals surface area contributed by atoms with Crippen molar-refractivity contribution in [1.29, 1.82) is 0 Å². The molecule has 3 rings (SSSR count). The highest BCUT2D eigenvalue weighted by Gasteiger charge is 2.27. The summed E-state index contributed by atoms with van der Waals surface area (Å²) in [5.41, 5.74) is 1.40. The first-order chi connectivity index (χ1) is 13.3. The lowest BCUT2D eigenvalue weighted by atomic mass is 10.1. The van der Waals surface area contributed by atoms with Gasteiger partial charge in [0.1, 0.15) is 0 Å². The molecule has 1 saturated heterocycles. The number of carbonyl (C=O) groups excluding carboxylic acids is 1. The van der Waals surface area contributed by atoms with Crippen molar-refractivity contribution < 1.29 is 13.2 Å². The molecule has 8 heteroatoms. The van der Waals surface area contributed by atoms with Gasteiger partial charge in [-0.2, -0.15) is 4.31 Å². The molecule has 6 nitrogen and oxygen atoms in total. The van der Waals surface area contributed by atoms with Gasteiger partial charge >= 0.3 is 6.03 Å². The smallest absolute Gasteiger partial charge is 0.321 e. The molecule has 2 aromatic rings. The molecule has 0 aliphatic carbocycles. The normalized spacial score (nSPS) is 16.0. The molecule has 1 aliphatic heterocycles. The van der Waals surface area contributed by atoms with E-state index in [-0.39, 0.29) is 17.0 Å². The van der Waals surface area contributed by atoms with Crippen molar-refractivity contribution in [2.24, 2.45) is 0 Å². The highest BCUT2D eigenvalue weighted by Crippen LogP contribution is 2.25. The molecule has 1 N–H and O–H groups in total. The van der Waals surface area contributed by atoms with Gasteiger partial charge in [-0.1, -0.05) is 29.8 Å². The summed E-state index contributed by atoms with van der Waals surface area (Å²) in [5.74, 6) is 0. The number of carbonyl (C=O) groups is 1. The summed E-state index contributed by atoms with van der Waals surface area (Å²) in [6.45, 7) is 3.00. The van der Waals surface area contributed by atoms with E-state index in [0.29, 0.717) is 23.8 Å². The molecular formula is C20H24ClN3O3S. The van der Waals surface area contributed by atoms with E-state index in [9.17, 15) is 13.2 Å². The molecule has 150 valence electrons. The van der Waals surface area contributed by atoms with E-state index in [1.54, 1.807) is 42.3 Å². The van der Waals surface area contributed by atoms with E-state index in [1.807, 2.05) is 19.1 Å². The molecule has 0 radical (unpaired) electrons. The number of hydrogen-bond donors (Lipinski definition) is 1. The summed E-state index contributed by atoms with van der Waals surface area (Å²) in [5, 5.41) is 3.42. The van der Waals surface area contributed by atoms with E-state index in [1.165, 1.54) is 10.4 Å². The minimum absolute atomic E-state index is 0.172. The molecule has 1 fully saturated rings. The summed E-state index contributed by atoms with van der Waals surface area (Å²) in [7, 11) is -1.83. The Kier molecular flexibility index (Phi) is 6.27. The van der Waals surface area contributed by atoms with Crippen LogP contribution in [0.25, 0.3) is 0 Å². The van der Waals surface area contributed by atoms with Crippen LogP contribution in [0.3, 0.4) is 0 Å². The van der Waals surface area contributed by atoms with Crippen molar-refractivity contribution in [2.45, 2.75) is 30.7 Å². The fourth-order valence-electron chi connectivity index (χ4n) is 3.16. The molecule has 28 heavy (non-hydrogen) atoms. The molecule has 0 saturated carbocycles. The largest absolute Gasteiger partial charge is 0.322 e. The van der Waals surface area contributed by atoms with Crippen LogP contribution in [0, 0.1) is 0 Å². The molecule has 1 aliphatic rings. The molecule has 0 spiro atoms. The molecule has 1 heterocycles. The van der Waals surface area contributed by atoms with Crippen LogP contribution in [-0.4, -0.2) is 43.8 Å². The molecule has 1 unspecified atom stereocenters. The monoisotopic (exact) mass is 421 g/mol. The highest BCUT2D eigenvalue weighted by molar-refractivity contribution is 7.89. The van der Waals surface area contributed by atoms with Crippen LogP contribution in [0.5, 0.6) is 0 Å². The van der Waals surface area contributed by atoms with Gasteiger partial charge in [0.15, 0.2) is 0 Å². The number of amides is 2. The minimum atomic E-state index is -3.52. The van der Waals surface area contributed by atoms with Crippen LogP contribution in [0.15, 0.2) is 53.4 Å². The summed E-state index contributed by atoms with van der Waals surface area (Å²) < 4.78 is 26.9. The van der Waals surface area contributed by atoms with Crippen molar-refractivity contribution in [1.82, 2.24) is 9.21 Å². The summed E-state index contributed by atoms with van der Waals surface area (Å²) in [6.07, 6.45) is 1.76. The molecule has 0 aromatic heterocycles. The Hall–Kier alpha value is -2.09. The average molecular weight is 422 g/mol. The molecule has 2 amide bonds. The maximum Gasteiger partial charge on any atom is 0.322 e. The first kappa shape index (κ1) is 20.6. The van der Waals surface area contributed by atoms with Gasteiger partial charge < -0.3 is 10.2 Å². The third kappa shape index (κ3) is 4.48. The van der Waals surface area contributed by atoms with E-state index < -0.39 is 10.0 Å². The third-order valence-corrected chi connectivity index (χ3v) is 7.19. The number of benzene rings is 2. The summed E-state index contributed by atoms with van der Waals surface area (Å²) >= 11 is 5.92. The van der Waals surface area contributed by atoms with E-state index in [0.717, 1.165) is 18.4 Å². The van der Waals surface area contributed by atoms with E-state index in [4.69, 9.17) is 11.6 Å². The van der Waals surface area contributed by atoms with Crippen LogP contribution in [0.2, 0.25) is 5.02 Å². The highest BCUT2D eigenvalue weighted by atomic mass is 35.5. The molecule has 1 atom stereocenters. The lowest BCUT2D eigenvalue weighted by Crippen LogP contribution is -2.33. The quantitative estimate of drug-likeness (QED) is 0.780. The predicted octanol–water partition coefficient (Wildman–Crippen LogP) is 4.35. The van der Waals surface area contributed by atoms with Crippen LogP contribution >= 0.6 is 11.6 Å². The Bertz CT molecular complexity index is 941. The number of nitrogens with zero attached hydrogens (tertiary/aromatic N) is 2. The van der Waals surface area contributed by atoms with Crippen LogP contribution in [-0.2, 0) is 10.0 Å². The third-order valence-electron chi connectivity index (χ3n) is 5.04. The van der Waals surface area contributed by atoms with E-state index >= 15 is 0 Å². The van der Waals surface area contributed by atoms with Crippen LogP contribution in [0.1, 0.15) is 31.4 Å². The second-order valence-electron chi connectivity index (χ2n) is 6.91. The Morgan fingerprint density at radius 2 is 1.79 bits per heavy atom. The molecule has 2 aromatic carbocycles. The number of sulfonamides is 1. The zero-order valence-electron chi connectivity index (χ0n) is 15.9.